The summed E-state index contributed by atoms with van der Waals surface area (Å²) in [6, 6.07) is 0. The van der Waals surface area contributed by atoms with E-state index in [-0.39, 0.29) is 18.0 Å². The van der Waals surface area contributed by atoms with Gasteiger partial charge in [-0.05, 0) is 76.2 Å². The first-order valence-corrected chi connectivity index (χ1v) is 22.1. The van der Waals surface area contributed by atoms with Crippen LogP contribution in [0.15, 0.2) is 0 Å². The normalized spacial score (nSPS) is 16.5. The van der Waals surface area contributed by atoms with E-state index in [1.54, 1.807) is 0 Å². The molecule has 0 radical (unpaired) electrons. The highest BCUT2D eigenvalue weighted by Crippen LogP contribution is 2.32. The number of ether oxygens (including phenoxy) is 2. The van der Waals surface area contributed by atoms with Gasteiger partial charge >= 0.3 is 11.9 Å². The summed E-state index contributed by atoms with van der Waals surface area (Å²) in [5, 5.41) is 0. The quantitative estimate of drug-likeness (QED) is 0.0483. The number of rotatable bonds is 36. The second-order valence-electron chi connectivity index (χ2n) is 15.6. The molecule has 1 saturated heterocycles. The van der Waals surface area contributed by atoms with Crippen LogP contribution in [0.5, 0.6) is 0 Å². The first-order chi connectivity index (χ1) is 24.0. The Bertz CT molecular complexity index is 726. The van der Waals surface area contributed by atoms with E-state index in [0.717, 1.165) is 63.3 Å². The zero-order chi connectivity index (χ0) is 35.6. The lowest BCUT2D eigenvalue weighted by Gasteiger charge is -2.19. The third kappa shape index (κ3) is 27.3. The molecule has 0 aliphatic carbocycles. The zero-order valence-electron chi connectivity index (χ0n) is 33.6. The van der Waals surface area contributed by atoms with E-state index in [1.165, 1.54) is 154 Å². The average molecular weight is 692 g/mol. The average Bonchev–Trinajstić information content (AvgIpc) is 3.50. The smallest absolute Gasteiger partial charge is 0.306 e. The lowest BCUT2D eigenvalue weighted by Crippen LogP contribution is -2.20. The maximum absolute atomic E-state index is 12.8. The molecular weight excluding hydrogens is 606 g/mol. The number of hydrogen-bond donors (Lipinski definition) is 0. The summed E-state index contributed by atoms with van der Waals surface area (Å²) >= 11 is 0. The summed E-state index contributed by atoms with van der Waals surface area (Å²) in [6.07, 6.45) is 36.8. The molecule has 0 bridgehead atoms. The van der Waals surface area contributed by atoms with Crippen LogP contribution >= 0.6 is 0 Å². The molecule has 1 aliphatic heterocycles. The summed E-state index contributed by atoms with van der Waals surface area (Å²) in [5.74, 6) is 1.59. The maximum Gasteiger partial charge on any atom is 0.306 e. The molecule has 1 aliphatic rings. The van der Waals surface area contributed by atoms with E-state index in [2.05, 4.69) is 32.6 Å². The van der Waals surface area contributed by atoms with Crippen molar-refractivity contribution in [1.29, 1.82) is 0 Å². The van der Waals surface area contributed by atoms with Gasteiger partial charge in [-0.25, -0.2) is 0 Å². The fraction of sp³-hybridized carbons (Fsp3) is 0.955. The van der Waals surface area contributed by atoms with E-state index in [0.29, 0.717) is 19.4 Å². The van der Waals surface area contributed by atoms with Crippen molar-refractivity contribution in [1.82, 2.24) is 4.90 Å². The van der Waals surface area contributed by atoms with Crippen LogP contribution in [0.4, 0.5) is 0 Å². The van der Waals surface area contributed by atoms with Gasteiger partial charge in [0.2, 0.25) is 0 Å². The monoisotopic (exact) mass is 692 g/mol. The van der Waals surface area contributed by atoms with Gasteiger partial charge in [-0.3, -0.25) is 9.59 Å². The molecule has 5 heteroatoms. The number of nitrogens with zero attached hydrogens (tertiary/aromatic N) is 1. The molecule has 290 valence electrons. The molecule has 0 aromatic heterocycles. The van der Waals surface area contributed by atoms with Crippen molar-refractivity contribution in [2.75, 3.05) is 26.2 Å². The van der Waals surface area contributed by atoms with Crippen molar-refractivity contribution in [3.8, 4) is 0 Å². The van der Waals surface area contributed by atoms with Gasteiger partial charge in [0.1, 0.15) is 6.10 Å². The van der Waals surface area contributed by atoms with Gasteiger partial charge in [0.15, 0.2) is 0 Å². The molecule has 5 nitrogen and oxygen atoms in total. The van der Waals surface area contributed by atoms with Gasteiger partial charge in [-0.1, -0.05) is 156 Å². The predicted molar refractivity (Wildman–Crippen MR) is 210 cm³/mol. The Hall–Kier alpha value is -1.10. The molecule has 1 fully saturated rings. The van der Waals surface area contributed by atoms with Crippen LogP contribution in [0.25, 0.3) is 0 Å². The van der Waals surface area contributed by atoms with Gasteiger partial charge in [0, 0.05) is 25.9 Å². The Morgan fingerprint density at radius 3 is 1.39 bits per heavy atom. The SMILES string of the molecule is CCCCCCCCCOC(=O)CCCCCC1CN(CC)CC1CCCCCC(=O)OC(CCCCCCCC)CCCCCCCC. The van der Waals surface area contributed by atoms with Crippen molar-refractivity contribution in [3.63, 3.8) is 0 Å². The summed E-state index contributed by atoms with van der Waals surface area (Å²) in [4.78, 5) is 27.6. The minimum atomic E-state index is -0.00287. The lowest BCUT2D eigenvalue weighted by atomic mass is 9.87. The largest absolute Gasteiger partial charge is 0.466 e. The number of carbonyl (C=O) groups is 2. The van der Waals surface area contributed by atoms with Gasteiger partial charge < -0.3 is 14.4 Å². The van der Waals surface area contributed by atoms with E-state index < -0.39 is 0 Å². The Labute approximate surface area is 306 Å². The van der Waals surface area contributed by atoms with Crippen LogP contribution in [0.2, 0.25) is 0 Å². The standard InChI is InChI=1S/C44H85NO4/c1-5-9-12-15-18-21-30-37-48-43(46)35-28-22-24-31-40-38-45(8-4)39-41(40)32-25-23-29-36-44(47)49-42(33-26-19-16-13-10-6-2)34-27-20-17-14-11-7-3/h40-42H,5-39H2,1-4H3. The van der Waals surface area contributed by atoms with Crippen molar-refractivity contribution >= 4 is 11.9 Å². The Morgan fingerprint density at radius 1 is 0.510 bits per heavy atom. The second-order valence-corrected chi connectivity index (χ2v) is 15.6. The molecule has 0 saturated carbocycles. The molecule has 0 N–H and O–H groups in total. The van der Waals surface area contributed by atoms with Gasteiger partial charge in [-0.2, -0.15) is 0 Å². The Morgan fingerprint density at radius 2 is 0.918 bits per heavy atom. The van der Waals surface area contributed by atoms with Gasteiger partial charge in [-0.15, -0.1) is 0 Å². The number of carbonyl (C=O) groups excluding carboxylic acids is 2. The van der Waals surface area contributed by atoms with E-state index >= 15 is 0 Å². The first-order valence-electron chi connectivity index (χ1n) is 22.1. The van der Waals surface area contributed by atoms with Crippen LogP contribution in [0.3, 0.4) is 0 Å². The predicted octanol–water partition coefficient (Wildman–Crippen LogP) is 13.2. The number of hydrogen-bond acceptors (Lipinski definition) is 5. The number of esters is 2. The molecule has 1 rings (SSSR count). The number of likely N-dealkylation sites (tertiary alicyclic amines) is 1. The zero-order valence-corrected chi connectivity index (χ0v) is 33.6. The first kappa shape index (κ1) is 45.9. The van der Waals surface area contributed by atoms with Gasteiger partial charge in [0.25, 0.3) is 0 Å². The molecule has 0 amide bonds. The van der Waals surface area contributed by atoms with Crippen molar-refractivity contribution in [2.45, 2.75) is 233 Å². The minimum absolute atomic E-state index is 0.00287. The van der Waals surface area contributed by atoms with Crippen LogP contribution in [0.1, 0.15) is 227 Å². The highest BCUT2D eigenvalue weighted by molar-refractivity contribution is 5.69. The summed E-state index contributed by atoms with van der Waals surface area (Å²) in [5.41, 5.74) is 0. The third-order valence-electron chi connectivity index (χ3n) is 11.1. The van der Waals surface area contributed by atoms with Crippen molar-refractivity contribution in [2.24, 2.45) is 11.8 Å². The summed E-state index contributed by atoms with van der Waals surface area (Å²) < 4.78 is 11.6. The topological polar surface area (TPSA) is 55.8 Å². The Balaban J connectivity index is 2.24. The fourth-order valence-electron chi connectivity index (χ4n) is 7.78. The second kappa shape index (κ2) is 34.0. The maximum atomic E-state index is 12.8. The van der Waals surface area contributed by atoms with E-state index in [4.69, 9.17) is 9.47 Å². The molecule has 0 aromatic carbocycles. The highest BCUT2D eigenvalue weighted by atomic mass is 16.5. The van der Waals surface area contributed by atoms with Crippen LogP contribution in [-0.2, 0) is 19.1 Å². The highest BCUT2D eigenvalue weighted by Gasteiger charge is 2.30. The lowest BCUT2D eigenvalue weighted by molar-refractivity contribution is -0.150. The van der Waals surface area contributed by atoms with Crippen molar-refractivity contribution in [3.05, 3.63) is 0 Å². The molecule has 0 spiro atoms. The van der Waals surface area contributed by atoms with E-state index in [9.17, 15) is 9.59 Å². The fourth-order valence-corrected chi connectivity index (χ4v) is 7.78. The van der Waals surface area contributed by atoms with Crippen LogP contribution < -0.4 is 0 Å². The van der Waals surface area contributed by atoms with Crippen LogP contribution in [0, 0.1) is 11.8 Å². The molecule has 1 heterocycles. The molecule has 2 atom stereocenters. The molecule has 49 heavy (non-hydrogen) atoms. The number of unbranched alkanes of at least 4 members (excludes halogenated alkanes) is 20. The third-order valence-corrected chi connectivity index (χ3v) is 11.1. The minimum Gasteiger partial charge on any atom is -0.466 e. The van der Waals surface area contributed by atoms with E-state index in [1.807, 2.05) is 0 Å². The molecule has 2 unspecified atom stereocenters. The molecule has 0 aromatic rings. The van der Waals surface area contributed by atoms with Crippen LogP contribution in [-0.4, -0.2) is 49.2 Å². The Kier molecular flexibility index (Phi) is 31.9. The summed E-state index contributed by atoms with van der Waals surface area (Å²) in [6.45, 7) is 13.3. The van der Waals surface area contributed by atoms with Crippen molar-refractivity contribution < 1.29 is 19.1 Å². The molecular formula is C44H85NO4. The van der Waals surface area contributed by atoms with Gasteiger partial charge in [0.05, 0.1) is 6.61 Å². The summed E-state index contributed by atoms with van der Waals surface area (Å²) in [7, 11) is 0.